The van der Waals surface area contributed by atoms with Crippen LogP contribution >= 0.6 is 0 Å². The average Bonchev–Trinajstić information content (AvgIpc) is 3.11. The van der Waals surface area contributed by atoms with Gasteiger partial charge in [0.1, 0.15) is 0 Å². The van der Waals surface area contributed by atoms with Gasteiger partial charge in [0.15, 0.2) is 0 Å². The lowest BCUT2D eigenvalue weighted by molar-refractivity contribution is 1.61. The summed E-state index contributed by atoms with van der Waals surface area (Å²) in [6.45, 7) is 0. The molecule has 0 fully saturated rings. The molecule has 0 aliphatic carbocycles. The van der Waals surface area contributed by atoms with Gasteiger partial charge in [-0.2, -0.15) is 0 Å². The predicted octanol–water partition coefficient (Wildman–Crippen LogP) is 12.4. The second-order valence-corrected chi connectivity index (χ2v) is 11.7. The normalized spacial score (nSPS) is 11.6. The summed E-state index contributed by atoms with van der Waals surface area (Å²) in [6, 6.07) is 62.3. The van der Waals surface area contributed by atoms with Gasteiger partial charge >= 0.3 is 0 Å². The van der Waals surface area contributed by atoms with E-state index in [1.807, 2.05) is 0 Å². The lowest BCUT2D eigenvalue weighted by Crippen LogP contribution is -1.91. The third kappa shape index (κ3) is 3.92. The van der Waals surface area contributed by atoms with Gasteiger partial charge in [-0.05, 0) is 93.7 Å². The molecule has 44 heavy (non-hydrogen) atoms. The lowest BCUT2D eigenvalue weighted by atomic mass is 9.85. The Morgan fingerprint density at radius 3 is 1.48 bits per heavy atom. The number of rotatable bonds is 4. The molecule has 0 nitrogen and oxygen atoms in total. The Morgan fingerprint density at radius 1 is 0.227 bits per heavy atom. The molecular formula is C44H28. The van der Waals surface area contributed by atoms with Crippen molar-refractivity contribution in [1.82, 2.24) is 0 Å². The predicted molar refractivity (Wildman–Crippen MR) is 189 cm³/mol. The first-order valence-electron chi connectivity index (χ1n) is 15.3. The molecule has 0 heterocycles. The molecule has 0 unspecified atom stereocenters. The van der Waals surface area contributed by atoms with E-state index in [0.29, 0.717) is 0 Å². The zero-order chi connectivity index (χ0) is 29.0. The highest BCUT2D eigenvalue weighted by atomic mass is 14.2. The van der Waals surface area contributed by atoms with Gasteiger partial charge in [0.2, 0.25) is 0 Å². The SMILES string of the molecule is c1ccc(-c2ccc(-c3ccc4ccc5c(-c6ccccc6-c6ccc7ccccc7c6)ccc6ccc3c4c65)cc2)cc1. The Balaban J connectivity index is 1.23. The van der Waals surface area contributed by atoms with Gasteiger partial charge in [-0.3, -0.25) is 0 Å². The van der Waals surface area contributed by atoms with Crippen LogP contribution in [0.15, 0.2) is 170 Å². The maximum absolute atomic E-state index is 2.32. The molecule has 9 rings (SSSR count). The molecule has 204 valence electrons. The Morgan fingerprint density at radius 2 is 0.727 bits per heavy atom. The number of benzene rings is 9. The minimum absolute atomic E-state index is 1.24. The molecule has 9 aromatic rings. The monoisotopic (exact) mass is 556 g/mol. The van der Waals surface area contributed by atoms with Crippen molar-refractivity contribution in [3.05, 3.63) is 170 Å². The summed E-state index contributed by atoms with van der Waals surface area (Å²) in [7, 11) is 0. The molecule has 0 atom stereocenters. The maximum Gasteiger partial charge on any atom is -0.00203 e. The summed E-state index contributed by atoms with van der Waals surface area (Å²) in [5.74, 6) is 0. The summed E-state index contributed by atoms with van der Waals surface area (Å²) in [5, 5.41) is 10.4. The van der Waals surface area contributed by atoms with E-state index in [1.54, 1.807) is 0 Å². The van der Waals surface area contributed by atoms with E-state index in [9.17, 15) is 0 Å². The van der Waals surface area contributed by atoms with Crippen LogP contribution in [0, 0.1) is 0 Å². The third-order valence-corrected chi connectivity index (χ3v) is 9.25. The number of fused-ring (bicyclic) bond motifs is 1. The quantitative estimate of drug-likeness (QED) is 0.189. The van der Waals surface area contributed by atoms with E-state index in [-0.39, 0.29) is 0 Å². The van der Waals surface area contributed by atoms with Crippen LogP contribution in [-0.4, -0.2) is 0 Å². The largest absolute Gasteiger partial charge is 0.0622 e. The second kappa shape index (κ2) is 9.93. The van der Waals surface area contributed by atoms with E-state index in [1.165, 1.54) is 87.6 Å². The molecule has 0 N–H and O–H groups in total. The first kappa shape index (κ1) is 24.8. The molecule has 9 aromatic carbocycles. The van der Waals surface area contributed by atoms with Crippen molar-refractivity contribution < 1.29 is 0 Å². The minimum atomic E-state index is 1.24. The summed E-state index contributed by atoms with van der Waals surface area (Å²) in [6.07, 6.45) is 0. The van der Waals surface area contributed by atoms with Crippen LogP contribution in [0.5, 0.6) is 0 Å². The van der Waals surface area contributed by atoms with Crippen molar-refractivity contribution >= 4 is 43.1 Å². The number of hydrogen-bond acceptors (Lipinski definition) is 0. The highest BCUT2D eigenvalue weighted by Crippen LogP contribution is 2.44. The Labute approximate surface area is 256 Å². The fourth-order valence-electron chi connectivity index (χ4n) is 7.09. The van der Waals surface area contributed by atoms with Gasteiger partial charge in [0.25, 0.3) is 0 Å². The lowest BCUT2D eigenvalue weighted by Gasteiger charge is -2.18. The average molecular weight is 557 g/mol. The summed E-state index contributed by atoms with van der Waals surface area (Å²) in [4.78, 5) is 0. The van der Waals surface area contributed by atoms with Crippen LogP contribution in [0.25, 0.3) is 87.6 Å². The maximum atomic E-state index is 2.32. The smallest absolute Gasteiger partial charge is 0.00203 e. The van der Waals surface area contributed by atoms with Crippen LogP contribution in [-0.2, 0) is 0 Å². The molecule has 0 radical (unpaired) electrons. The molecule has 0 aliphatic rings. The Kier molecular flexibility index (Phi) is 5.61. The molecule has 0 aliphatic heterocycles. The Hall–Kier alpha value is -5.72. The second-order valence-electron chi connectivity index (χ2n) is 11.7. The molecule has 0 bridgehead atoms. The zero-order valence-corrected chi connectivity index (χ0v) is 24.2. The standard InChI is InChI=1S/C44H28/c1-2-8-29(9-3-1)31-14-17-32(18-15-31)38-24-20-33-23-27-42-40(25-21-34-22-26-41(38)43(33)44(34)42)39-13-7-6-12-37(39)36-19-16-30-10-4-5-11-35(30)28-36/h1-28H. The van der Waals surface area contributed by atoms with Crippen LogP contribution in [0.1, 0.15) is 0 Å². The van der Waals surface area contributed by atoms with Gasteiger partial charge < -0.3 is 0 Å². The molecule has 0 aromatic heterocycles. The fraction of sp³-hybridized carbons (Fsp3) is 0. The summed E-state index contributed by atoms with van der Waals surface area (Å²) < 4.78 is 0. The van der Waals surface area contributed by atoms with Crippen molar-refractivity contribution in [2.45, 2.75) is 0 Å². The molecular weight excluding hydrogens is 528 g/mol. The summed E-state index contributed by atoms with van der Waals surface area (Å²) >= 11 is 0. The molecule has 0 saturated carbocycles. The summed E-state index contributed by atoms with van der Waals surface area (Å²) in [5.41, 5.74) is 10.0. The van der Waals surface area contributed by atoms with E-state index in [2.05, 4.69) is 170 Å². The minimum Gasteiger partial charge on any atom is -0.0622 e. The van der Waals surface area contributed by atoms with Crippen LogP contribution in [0.2, 0.25) is 0 Å². The van der Waals surface area contributed by atoms with E-state index >= 15 is 0 Å². The molecule has 0 spiro atoms. The van der Waals surface area contributed by atoms with E-state index < -0.39 is 0 Å². The van der Waals surface area contributed by atoms with Gasteiger partial charge in [0.05, 0.1) is 0 Å². The zero-order valence-electron chi connectivity index (χ0n) is 24.2. The Bertz CT molecular complexity index is 2470. The van der Waals surface area contributed by atoms with Crippen LogP contribution in [0.3, 0.4) is 0 Å². The van der Waals surface area contributed by atoms with E-state index in [4.69, 9.17) is 0 Å². The highest BCUT2D eigenvalue weighted by Gasteiger charge is 2.17. The molecule has 0 saturated heterocycles. The van der Waals surface area contributed by atoms with Crippen LogP contribution < -0.4 is 0 Å². The third-order valence-electron chi connectivity index (χ3n) is 9.25. The van der Waals surface area contributed by atoms with E-state index in [0.717, 1.165) is 0 Å². The first-order chi connectivity index (χ1) is 21.8. The first-order valence-corrected chi connectivity index (χ1v) is 15.3. The van der Waals surface area contributed by atoms with Crippen molar-refractivity contribution in [1.29, 1.82) is 0 Å². The van der Waals surface area contributed by atoms with Gasteiger partial charge in [0, 0.05) is 0 Å². The van der Waals surface area contributed by atoms with Crippen LogP contribution in [0.4, 0.5) is 0 Å². The highest BCUT2D eigenvalue weighted by molar-refractivity contribution is 6.27. The fourth-order valence-corrected chi connectivity index (χ4v) is 7.09. The van der Waals surface area contributed by atoms with Crippen molar-refractivity contribution in [2.24, 2.45) is 0 Å². The molecule has 0 amide bonds. The van der Waals surface area contributed by atoms with Gasteiger partial charge in [-0.1, -0.05) is 164 Å². The van der Waals surface area contributed by atoms with Crippen molar-refractivity contribution in [3.63, 3.8) is 0 Å². The van der Waals surface area contributed by atoms with Gasteiger partial charge in [-0.15, -0.1) is 0 Å². The topological polar surface area (TPSA) is 0 Å². The molecule has 0 heteroatoms. The van der Waals surface area contributed by atoms with Crippen molar-refractivity contribution in [2.75, 3.05) is 0 Å². The van der Waals surface area contributed by atoms with Gasteiger partial charge in [-0.25, -0.2) is 0 Å². The van der Waals surface area contributed by atoms with Crippen molar-refractivity contribution in [3.8, 4) is 44.5 Å². The number of hydrogen-bond donors (Lipinski definition) is 0.